The number of hydrogen-bond acceptors (Lipinski definition) is 2. The number of nitrogens with one attached hydrogen (secondary N) is 1. The van der Waals surface area contributed by atoms with Gasteiger partial charge in [0, 0.05) is 25.2 Å². The van der Waals surface area contributed by atoms with Crippen molar-refractivity contribution >= 4 is 17.3 Å². The first-order valence-corrected chi connectivity index (χ1v) is 8.78. The molecule has 1 N–H and O–H groups in total. The molecule has 0 bridgehead atoms. The van der Waals surface area contributed by atoms with Gasteiger partial charge in [-0.15, -0.1) is 0 Å². The second kappa shape index (κ2) is 8.05. The molecule has 1 aliphatic heterocycles. The monoisotopic (exact) mass is 308 g/mol. The maximum absolute atomic E-state index is 6.58. The predicted octanol–water partition coefficient (Wildman–Crippen LogP) is 5.00. The van der Waals surface area contributed by atoms with Crippen LogP contribution >= 0.6 is 11.6 Å². The van der Waals surface area contributed by atoms with Gasteiger partial charge in [0.25, 0.3) is 0 Å². The SMILES string of the molecule is CCC1CCCCCN1c1c(Cl)cccc1CNC(C)C. The van der Waals surface area contributed by atoms with E-state index >= 15 is 0 Å². The number of hydrogen-bond donors (Lipinski definition) is 1. The van der Waals surface area contributed by atoms with Gasteiger partial charge in [0.15, 0.2) is 0 Å². The number of halogens is 1. The summed E-state index contributed by atoms with van der Waals surface area (Å²) in [5.74, 6) is 0. The zero-order valence-corrected chi connectivity index (χ0v) is 14.4. The van der Waals surface area contributed by atoms with Crippen LogP contribution in [0.15, 0.2) is 18.2 Å². The third-order valence-corrected chi connectivity index (χ3v) is 4.71. The van der Waals surface area contributed by atoms with Crippen molar-refractivity contribution in [3.63, 3.8) is 0 Å². The van der Waals surface area contributed by atoms with E-state index in [-0.39, 0.29) is 0 Å². The summed E-state index contributed by atoms with van der Waals surface area (Å²) < 4.78 is 0. The normalized spacial score (nSPS) is 19.9. The molecule has 1 fully saturated rings. The highest BCUT2D eigenvalue weighted by Gasteiger charge is 2.23. The quantitative estimate of drug-likeness (QED) is 0.823. The van der Waals surface area contributed by atoms with Crippen molar-refractivity contribution in [2.75, 3.05) is 11.4 Å². The Bertz CT molecular complexity index is 445. The number of anilines is 1. The molecular weight excluding hydrogens is 280 g/mol. The average molecular weight is 309 g/mol. The number of para-hydroxylation sites is 1. The maximum atomic E-state index is 6.58. The van der Waals surface area contributed by atoms with E-state index in [9.17, 15) is 0 Å². The second-order valence-electron chi connectivity index (χ2n) is 6.39. The summed E-state index contributed by atoms with van der Waals surface area (Å²) in [7, 11) is 0. The fourth-order valence-corrected chi connectivity index (χ4v) is 3.54. The molecule has 0 saturated carbocycles. The predicted molar refractivity (Wildman–Crippen MR) is 93.3 cm³/mol. The van der Waals surface area contributed by atoms with Gasteiger partial charge >= 0.3 is 0 Å². The van der Waals surface area contributed by atoms with Gasteiger partial charge < -0.3 is 10.2 Å². The molecule has 21 heavy (non-hydrogen) atoms. The van der Waals surface area contributed by atoms with Crippen molar-refractivity contribution in [3.8, 4) is 0 Å². The Morgan fingerprint density at radius 3 is 2.81 bits per heavy atom. The summed E-state index contributed by atoms with van der Waals surface area (Å²) in [5.41, 5.74) is 2.60. The Morgan fingerprint density at radius 2 is 2.10 bits per heavy atom. The van der Waals surface area contributed by atoms with Crippen LogP contribution in [-0.4, -0.2) is 18.6 Å². The van der Waals surface area contributed by atoms with E-state index in [0.717, 1.165) is 18.1 Å². The molecule has 1 saturated heterocycles. The molecule has 1 aliphatic rings. The summed E-state index contributed by atoms with van der Waals surface area (Å²) in [6.45, 7) is 8.69. The fourth-order valence-electron chi connectivity index (χ4n) is 3.23. The zero-order valence-electron chi connectivity index (χ0n) is 13.7. The Kier molecular flexibility index (Phi) is 6.38. The lowest BCUT2D eigenvalue weighted by atomic mass is 10.0. The van der Waals surface area contributed by atoms with Gasteiger partial charge in [-0.3, -0.25) is 0 Å². The summed E-state index contributed by atoms with van der Waals surface area (Å²) in [6.07, 6.45) is 6.45. The van der Waals surface area contributed by atoms with Crippen molar-refractivity contribution in [1.82, 2.24) is 5.32 Å². The minimum atomic E-state index is 0.489. The van der Waals surface area contributed by atoms with Crippen LogP contribution < -0.4 is 10.2 Å². The lowest BCUT2D eigenvalue weighted by molar-refractivity contribution is 0.549. The van der Waals surface area contributed by atoms with Gasteiger partial charge in [-0.05, 0) is 30.9 Å². The van der Waals surface area contributed by atoms with E-state index in [4.69, 9.17) is 11.6 Å². The van der Waals surface area contributed by atoms with Crippen LogP contribution in [0.2, 0.25) is 5.02 Å². The van der Waals surface area contributed by atoms with Crippen LogP contribution in [0.3, 0.4) is 0 Å². The van der Waals surface area contributed by atoms with Gasteiger partial charge in [-0.2, -0.15) is 0 Å². The van der Waals surface area contributed by atoms with E-state index in [2.05, 4.69) is 43.1 Å². The smallest absolute Gasteiger partial charge is 0.0643 e. The van der Waals surface area contributed by atoms with E-state index in [1.165, 1.54) is 43.4 Å². The molecule has 1 aromatic carbocycles. The molecule has 2 rings (SSSR count). The summed E-state index contributed by atoms with van der Waals surface area (Å²) in [4.78, 5) is 2.58. The molecule has 1 heterocycles. The second-order valence-corrected chi connectivity index (χ2v) is 6.80. The van der Waals surface area contributed by atoms with Crippen molar-refractivity contribution in [2.45, 2.75) is 71.5 Å². The topological polar surface area (TPSA) is 15.3 Å². The Hall–Kier alpha value is -0.730. The van der Waals surface area contributed by atoms with Crippen molar-refractivity contribution in [2.24, 2.45) is 0 Å². The van der Waals surface area contributed by atoms with Crippen LogP contribution in [-0.2, 0) is 6.54 Å². The van der Waals surface area contributed by atoms with E-state index < -0.39 is 0 Å². The fraction of sp³-hybridized carbons (Fsp3) is 0.667. The third kappa shape index (κ3) is 4.37. The highest BCUT2D eigenvalue weighted by molar-refractivity contribution is 6.33. The van der Waals surface area contributed by atoms with Gasteiger partial charge in [-0.25, -0.2) is 0 Å². The van der Waals surface area contributed by atoms with Crippen LogP contribution in [0.5, 0.6) is 0 Å². The van der Waals surface area contributed by atoms with Crippen LogP contribution in [0.4, 0.5) is 5.69 Å². The average Bonchev–Trinajstić information content (AvgIpc) is 2.70. The van der Waals surface area contributed by atoms with Crippen LogP contribution in [0, 0.1) is 0 Å². The molecule has 0 spiro atoms. The van der Waals surface area contributed by atoms with E-state index in [1.807, 2.05) is 6.07 Å². The Morgan fingerprint density at radius 1 is 1.29 bits per heavy atom. The van der Waals surface area contributed by atoms with Crippen LogP contribution in [0.25, 0.3) is 0 Å². The van der Waals surface area contributed by atoms with Crippen molar-refractivity contribution in [3.05, 3.63) is 28.8 Å². The van der Waals surface area contributed by atoms with E-state index in [0.29, 0.717) is 12.1 Å². The molecule has 0 radical (unpaired) electrons. The molecule has 1 atom stereocenters. The molecule has 1 aromatic rings. The molecule has 2 nitrogen and oxygen atoms in total. The van der Waals surface area contributed by atoms with Crippen molar-refractivity contribution in [1.29, 1.82) is 0 Å². The first kappa shape index (κ1) is 16.6. The number of nitrogens with zero attached hydrogens (tertiary/aromatic N) is 1. The van der Waals surface area contributed by atoms with Gasteiger partial charge in [0.1, 0.15) is 0 Å². The number of benzene rings is 1. The first-order chi connectivity index (χ1) is 10.1. The lowest BCUT2D eigenvalue weighted by Gasteiger charge is -2.34. The van der Waals surface area contributed by atoms with Crippen LogP contribution in [0.1, 0.15) is 58.4 Å². The first-order valence-electron chi connectivity index (χ1n) is 8.41. The van der Waals surface area contributed by atoms with Gasteiger partial charge in [-0.1, -0.05) is 57.3 Å². The maximum Gasteiger partial charge on any atom is 0.0643 e. The number of rotatable bonds is 5. The summed E-state index contributed by atoms with van der Waals surface area (Å²) in [5, 5.41) is 4.43. The Balaban J connectivity index is 2.30. The molecule has 0 aromatic heterocycles. The highest BCUT2D eigenvalue weighted by Crippen LogP contribution is 2.34. The zero-order chi connectivity index (χ0) is 15.2. The van der Waals surface area contributed by atoms with Crippen molar-refractivity contribution < 1.29 is 0 Å². The summed E-state index contributed by atoms with van der Waals surface area (Å²) in [6, 6.07) is 7.44. The minimum absolute atomic E-state index is 0.489. The molecular formula is C18H29ClN2. The largest absolute Gasteiger partial charge is 0.367 e. The minimum Gasteiger partial charge on any atom is -0.367 e. The third-order valence-electron chi connectivity index (χ3n) is 4.41. The highest BCUT2D eigenvalue weighted by atomic mass is 35.5. The van der Waals surface area contributed by atoms with E-state index in [1.54, 1.807) is 0 Å². The van der Waals surface area contributed by atoms with Gasteiger partial charge in [0.05, 0.1) is 10.7 Å². The molecule has 0 amide bonds. The summed E-state index contributed by atoms with van der Waals surface area (Å²) >= 11 is 6.58. The Labute approximate surface area is 134 Å². The molecule has 118 valence electrons. The molecule has 1 unspecified atom stereocenters. The molecule has 3 heteroatoms. The standard InChI is InChI=1S/C18H29ClN2/c1-4-16-10-6-5-7-12-21(16)18-15(13-20-14(2)3)9-8-11-17(18)19/h8-9,11,14,16,20H,4-7,10,12-13H2,1-3H3. The lowest BCUT2D eigenvalue weighted by Crippen LogP contribution is -2.36. The van der Waals surface area contributed by atoms with Gasteiger partial charge in [0.2, 0.25) is 0 Å². The molecule has 0 aliphatic carbocycles.